The number of hydrogen-bond donors (Lipinski definition) is 1. The van der Waals surface area contributed by atoms with Gasteiger partial charge in [0.2, 0.25) is 0 Å². The van der Waals surface area contributed by atoms with Gasteiger partial charge in [-0.05, 0) is 23.3 Å². The van der Waals surface area contributed by atoms with Crippen molar-refractivity contribution in [3.05, 3.63) is 114 Å². The fraction of sp³-hybridized carbons (Fsp3) is 0.0800. The second kappa shape index (κ2) is 8.39. The maximum absolute atomic E-state index is 12.6. The maximum atomic E-state index is 12.6. The maximum Gasteiger partial charge on any atom is 0.276 e. The van der Waals surface area contributed by atoms with Crippen LogP contribution in [0.4, 0.5) is 5.69 Å². The fourth-order valence-corrected chi connectivity index (χ4v) is 3.68. The highest BCUT2D eigenvalue weighted by Gasteiger charge is 2.27. The molecular formula is C25H19N5O2. The first-order valence-corrected chi connectivity index (χ1v) is 10.2. The van der Waals surface area contributed by atoms with E-state index in [1.165, 1.54) is 0 Å². The molecule has 1 aliphatic heterocycles. The third kappa shape index (κ3) is 3.96. The Morgan fingerprint density at radius 3 is 2.62 bits per heavy atom. The lowest BCUT2D eigenvalue weighted by Crippen LogP contribution is -2.17. The van der Waals surface area contributed by atoms with Gasteiger partial charge < -0.3 is 5.32 Å². The molecular weight excluding hydrogens is 402 g/mol. The topological polar surface area (TPSA) is 88.7 Å². The Labute approximate surface area is 184 Å². The van der Waals surface area contributed by atoms with Crippen LogP contribution >= 0.6 is 0 Å². The standard InChI is InChI=1S/C25H19N5O2/c31-24(19-14-26-30(16-19)15-17-6-2-1-3-7-17)27-20-12-10-18(11-13-20)23-21-8-4-5-9-22(21)25(32)29-28-23/h1-14,16,22H,15H2,(H,27,31). The molecule has 2 aliphatic rings. The van der Waals surface area contributed by atoms with Crippen molar-refractivity contribution in [2.45, 2.75) is 6.54 Å². The summed E-state index contributed by atoms with van der Waals surface area (Å²) in [7, 11) is 0. The Morgan fingerprint density at radius 2 is 1.81 bits per heavy atom. The van der Waals surface area contributed by atoms with Crippen LogP contribution in [0, 0.1) is 5.92 Å². The molecule has 0 radical (unpaired) electrons. The highest BCUT2D eigenvalue weighted by Crippen LogP contribution is 2.34. The van der Waals surface area contributed by atoms with Crippen molar-refractivity contribution in [3.63, 3.8) is 0 Å². The van der Waals surface area contributed by atoms with E-state index in [0.29, 0.717) is 23.5 Å². The number of aromatic nitrogens is 2. The summed E-state index contributed by atoms with van der Waals surface area (Å²) in [5, 5.41) is 15.1. The van der Waals surface area contributed by atoms with E-state index in [4.69, 9.17) is 0 Å². The van der Waals surface area contributed by atoms with E-state index in [1.807, 2.05) is 66.8 Å². The van der Waals surface area contributed by atoms with E-state index >= 15 is 0 Å². The number of azo groups is 1. The molecule has 2 heterocycles. The first-order chi connectivity index (χ1) is 15.7. The van der Waals surface area contributed by atoms with Gasteiger partial charge in [-0.1, -0.05) is 66.8 Å². The van der Waals surface area contributed by atoms with Gasteiger partial charge in [-0.25, -0.2) is 0 Å². The molecule has 1 atom stereocenters. The molecule has 0 saturated carbocycles. The molecule has 2 aromatic carbocycles. The van der Waals surface area contributed by atoms with E-state index in [9.17, 15) is 9.59 Å². The zero-order chi connectivity index (χ0) is 21.9. The molecule has 0 spiro atoms. The molecule has 0 bridgehead atoms. The second-order valence-corrected chi connectivity index (χ2v) is 7.51. The number of fused-ring (bicyclic) bond motifs is 1. The van der Waals surface area contributed by atoms with Crippen molar-refractivity contribution >= 4 is 23.2 Å². The van der Waals surface area contributed by atoms with Crippen molar-refractivity contribution in [2.24, 2.45) is 16.1 Å². The van der Waals surface area contributed by atoms with E-state index in [1.54, 1.807) is 29.2 Å². The highest BCUT2D eigenvalue weighted by atomic mass is 16.2. The molecule has 3 aromatic rings. The SMILES string of the molecule is O=C(Nc1ccc(C2=C3C=CC=CC3C(=O)N=N2)cc1)c1cnn(Cc2ccccc2)c1. The van der Waals surface area contributed by atoms with E-state index in [2.05, 4.69) is 20.6 Å². The Kier molecular flexibility index (Phi) is 5.13. The third-order valence-electron chi connectivity index (χ3n) is 5.31. The minimum Gasteiger partial charge on any atom is -0.322 e. The lowest BCUT2D eigenvalue weighted by atomic mass is 9.89. The molecule has 0 fully saturated rings. The van der Waals surface area contributed by atoms with Gasteiger partial charge in [0.25, 0.3) is 11.8 Å². The predicted molar refractivity (Wildman–Crippen MR) is 121 cm³/mol. The molecule has 156 valence electrons. The first kappa shape index (κ1) is 19.6. The summed E-state index contributed by atoms with van der Waals surface area (Å²) < 4.78 is 1.74. The monoisotopic (exact) mass is 421 g/mol. The lowest BCUT2D eigenvalue weighted by Gasteiger charge is -2.19. The molecule has 7 heteroatoms. The van der Waals surface area contributed by atoms with E-state index in [-0.39, 0.29) is 17.7 Å². The summed E-state index contributed by atoms with van der Waals surface area (Å²) in [6.45, 7) is 0.599. The van der Waals surface area contributed by atoms with Gasteiger partial charge in [0.1, 0.15) is 0 Å². The average molecular weight is 421 g/mol. The zero-order valence-corrected chi connectivity index (χ0v) is 17.1. The Bertz CT molecular complexity index is 1300. The van der Waals surface area contributed by atoms with Crippen molar-refractivity contribution in [1.82, 2.24) is 9.78 Å². The Balaban J connectivity index is 1.29. The van der Waals surface area contributed by atoms with Crippen LogP contribution < -0.4 is 5.32 Å². The molecule has 1 aliphatic carbocycles. The van der Waals surface area contributed by atoms with Gasteiger partial charge >= 0.3 is 0 Å². The minimum absolute atomic E-state index is 0.234. The second-order valence-electron chi connectivity index (χ2n) is 7.51. The quantitative estimate of drug-likeness (QED) is 0.651. The van der Waals surface area contributed by atoms with Crippen LogP contribution in [0.2, 0.25) is 0 Å². The van der Waals surface area contributed by atoms with Gasteiger partial charge in [0.15, 0.2) is 0 Å². The van der Waals surface area contributed by atoms with Gasteiger partial charge in [0.05, 0.1) is 29.9 Å². The van der Waals surface area contributed by atoms with Gasteiger partial charge in [-0.15, -0.1) is 10.2 Å². The molecule has 5 rings (SSSR count). The molecule has 1 unspecified atom stereocenters. The van der Waals surface area contributed by atoms with Crippen molar-refractivity contribution in [3.8, 4) is 0 Å². The summed E-state index contributed by atoms with van der Waals surface area (Å²) in [5.74, 6) is -0.886. The lowest BCUT2D eigenvalue weighted by molar-refractivity contribution is -0.119. The molecule has 7 nitrogen and oxygen atoms in total. The van der Waals surface area contributed by atoms with Crippen LogP contribution in [0.25, 0.3) is 5.70 Å². The van der Waals surface area contributed by atoms with Crippen LogP contribution in [-0.2, 0) is 11.3 Å². The summed E-state index contributed by atoms with van der Waals surface area (Å²) in [6, 6.07) is 17.3. The van der Waals surface area contributed by atoms with Gasteiger partial charge in [-0.2, -0.15) is 5.10 Å². The molecule has 1 N–H and O–H groups in total. The average Bonchev–Trinajstić information content (AvgIpc) is 3.30. The molecule has 1 aromatic heterocycles. The van der Waals surface area contributed by atoms with Crippen molar-refractivity contribution < 1.29 is 9.59 Å². The summed E-state index contributed by atoms with van der Waals surface area (Å²) in [5.41, 5.74) is 4.57. The summed E-state index contributed by atoms with van der Waals surface area (Å²) >= 11 is 0. The Hall–Kier alpha value is -4.39. The minimum atomic E-state index is -0.390. The summed E-state index contributed by atoms with van der Waals surface area (Å²) in [6.07, 6.45) is 10.7. The fourth-order valence-electron chi connectivity index (χ4n) is 3.68. The van der Waals surface area contributed by atoms with Crippen molar-refractivity contribution in [2.75, 3.05) is 5.32 Å². The van der Waals surface area contributed by atoms with Crippen LogP contribution in [0.1, 0.15) is 21.5 Å². The van der Waals surface area contributed by atoms with Crippen LogP contribution in [0.15, 0.2) is 107 Å². The van der Waals surface area contributed by atoms with E-state index < -0.39 is 0 Å². The highest BCUT2D eigenvalue weighted by molar-refractivity contribution is 6.04. The smallest absolute Gasteiger partial charge is 0.276 e. The number of amides is 2. The number of carbonyl (C=O) groups excluding carboxylic acids is 2. The summed E-state index contributed by atoms with van der Waals surface area (Å²) in [4.78, 5) is 24.6. The van der Waals surface area contributed by atoms with Gasteiger partial charge in [0, 0.05) is 17.4 Å². The number of rotatable bonds is 5. The Morgan fingerprint density at radius 1 is 1.00 bits per heavy atom. The molecule has 0 saturated heterocycles. The largest absolute Gasteiger partial charge is 0.322 e. The number of benzene rings is 2. The normalized spacial score (nSPS) is 16.9. The van der Waals surface area contributed by atoms with E-state index in [0.717, 1.165) is 16.7 Å². The van der Waals surface area contributed by atoms with Crippen molar-refractivity contribution in [1.29, 1.82) is 0 Å². The number of allylic oxidation sites excluding steroid dienone is 3. The number of hydrogen-bond acceptors (Lipinski definition) is 4. The van der Waals surface area contributed by atoms with Crippen LogP contribution in [-0.4, -0.2) is 21.6 Å². The van der Waals surface area contributed by atoms with Crippen LogP contribution in [0.5, 0.6) is 0 Å². The molecule has 32 heavy (non-hydrogen) atoms. The van der Waals surface area contributed by atoms with Gasteiger partial charge in [-0.3, -0.25) is 14.3 Å². The predicted octanol–water partition coefficient (Wildman–Crippen LogP) is 4.63. The molecule has 2 amide bonds. The number of nitrogens with one attached hydrogen (secondary N) is 1. The van der Waals surface area contributed by atoms with Crippen LogP contribution in [0.3, 0.4) is 0 Å². The number of anilines is 1. The third-order valence-corrected chi connectivity index (χ3v) is 5.31. The zero-order valence-electron chi connectivity index (χ0n) is 17.1. The number of nitrogens with zero attached hydrogens (tertiary/aromatic N) is 4. The first-order valence-electron chi connectivity index (χ1n) is 10.2. The number of carbonyl (C=O) groups is 2.